The second-order valence-corrected chi connectivity index (χ2v) is 9.29. The highest BCUT2D eigenvalue weighted by Crippen LogP contribution is 2.35. The number of nitrogens with zero attached hydrogens (tertiary/aromatic N) is 2. The van der Waals surface area contributed by atoms with Crippen molar-refractivity contribution in [1.82, 2.24) is 9.47 Å². The molecule has 1 saturated carbocycles. The van der Waals surface area contributed by atoms with E-state index in [2.05, 4.69) is 9.47 Å². The highest BCUT2D eigenvalue weighted by atomic mass is 35.5. The number of nitrogens with two attached hydrogens (primary N) is 1. The number of aryl methyl sites for hydroxylation is 1. The van der Waals surface area contributed by atoms with Crippen LogP contribution in [0.1, 0.15) is 41.6 Å². The van der Waals surface area contributed by atoms with Gasteiger partial charge < -0.3 is 15.0 Å². The third-order valence-corrected chi connectivity index (χ3v) is 6.87. The number of carbonyl (C=O) groups is 1. The number of aromatic nitrogens is 1. The minimum atomic E-state index is -0.556. The van der Waals surface area contributed by atoms with Crippen molar-refractivity contribution in [2.24, 2.45) is 11.7 Å². The molecule has 2 aromatic carbocycles. The molecule has 2 N–H and O–H groups in total. The van der Waals surface area contributed by atoms with E-state index in [1.165, 1.54) is 31.0 Å². The molecule has 1 unspecified atom stereocenters. The lowest BCUT2D eigenvalue weighted by Crippen LogP contribution is -2.45. The highest BCUT2D eigenvalue weighted by molar-refractivity contribution is 5.95. The van der Waals surface area contributed by atoms with Crippen molar-refractivity contribution in [3.8, 4) is 5.75 Å². The van der Waals surface area contributed by atoms with E-state index in [-0.39, 0.29) is 30.0 Å². The predicted molar refractivity (Wildman–Crippen MR) is 131 cm³/mol. The maximum Gasteiger partial charge on any atom is 0.249 e. The standard InChI is InChI=1S/C26H29F2N3O2.ClH/c27-19-6-5-18-9-12-30(24(18)13-19)10-1-2-11-31(15-17-3-4-17)20-14-22-21(26(29)32)7-8-23(28)25(22)33-16-20;/h5-9,12-13,17,20H,1-4,10-11,14-16H2,(H2,29,32);1H. The van der Waals surface area contributed by atoms with Gasteiger partial charge in [-0.05, 0) is 86.4 Å². The van der Waals surface area contributed by atoms with Gasteiger partial charge in [-0.15, -0.1) is 12.4 Å². The van der Waals surface area contributed by atoms with Crippen LogP contribution in [0.5, 0.6) is 5.75 Å². The average molecular weight is 490 g/mol. The van der Waals surface area contributed by atoms with Crippen LogP contribution in [0.15, 0.2) is 42.6 Å². The Hall–Kier alpha value is -2.64. The Balaban J connectivity index is 0.00000274. The zero-order valence-corrected chi connectivity index (χ0v) is 19.8. The van der Waals surface area contributed by atoms with Crippen molar-refractivity contribution in [3.63, 3.8) is 0 Å². The third kappa shape index (κ3) is 5.20. The Morgan fingerprint density at radius 3 is 2.74 bits per heavy atom. The van der Waals surface area contributed by atoms with Crippen molar-refractivity contribution in [3.05, 3.63) is 65.4 Å². The normalized spacial score (nSPS) is 17.3. The maximum atomic E-state index is 14.3. The fourth-order valence-electron chi connectivity index (χ4n) is 4.90. The lowest BCUT2D eigenvalue weighted by atomic mass is 9.95. The Labute approximate surface area is 204 Å². The van der Waals surface area contributed by atoms with Gasteiger partial charge in [0.25, 0.3) is 0 Å². The Morgan fingerprint density at radius 2 is 1.97 bits per heavy atom. The number of ether oxygens (including phenoxy) is 1. The van der Waals surface area contributed by atoms with Gasteiger partial charge in [0.05, 0.1) is 5.52 Å². The first-order valence-electron chi connectivity index (χ1n) is 11.7. The van der Waals surface area contributed by atoms with Crippen LogP contribution in [0.4, 0.5) is 8.78 Å². The fourth-order valence-corrected chi connectivity index (χ4v) is 4.90. The Morgan fingerprint density at radius 1 is 1.15 bits per heavy atom. The molecule has 1 aliphatic heterocycles. The van der Waals surface area contributed by atoms with Crippen LogP contribution in [0.2, 0.25) is 0 Å². The lowest BCUT2D eigenvalue weighted by Gasteiger charge is -2.36. The number of primary amides is 1. The molecule has 1 atom stereocenters. The van der Waals surface area contributed by atoms with Gasteiger partial charge in [0, 0.05) is 36.5 Å². The third-order valence-electron chi connectivity index (χ3n) is 6.87. The summed E-state index contributed by atoms with van der Waals surface area (Å²) in [7, 11) is 0. The van der Waals surface area contributed by atoms with Gasteiger partial charge >= 0.3 is 0 Å². The van der Waals surface area contributed by atoms with E-state index in [9.17, 15) is 13.6 Å². The minimum Gasteiger partial charge on any atom is -0.489 e. The Kier molecular flexibility index (Phi) is 7.43. The van der Waals surface area contributed by atoms with E-state index in [1.54, 1.807) is 6.07 Å². The molecule has 182 valence electrons. The van der Waals surface area contributed by atoms with Crippen molar-refractivity contribution in [2.45, 2.75) is 44.7 Å². The molecule has 0 saturated heterocycles. The molecule has 0 bridgehead atoms. The fraction of sp³-hybridized carbons (Fsp3) is 0.423. The van der Waals surface area contributed by atoms with Crippen LogP contribution in [-0.4, -0.2) is 41.1 Å². The van der Waals surface area contributed by atoms with Gasteiger partial charge in [-0.25, -0.2) is 8.78 Å². The molecule has 5 rings (SSSR count). The smallest absolute Gasteiger partial charge is 0.249 e. The van der Waals surface area contributed by atoms with E-state index < -0.39 is 11.7 Å². The van der Waals surface area contributed by atoms with E-state index in [0.29, 0.717) is 30.1 Å². The number of carbonyl (C=O) groups excluding carboxylic acids is 1. The topological polar surface area (TPSA) is 60.5 Å². The summed E-state index contributed by atoms with van der Waals surface area (Å²) in [5.74, 6) is -0.355. The molecule has 2 heterocycles. The van der Waals surface area contributed by atoms with Crippen LogP contribution >= 0.6 is 12.4 Å². The zero-order chi connectivity index (χ0) is 22.9. The molecule has 2 aliphatic rings. The van der Waals surface area contributed by atoms with E-state index in [4.69, 9.17) is 10.5 Å². The number of amides is 1. The number of hydrogen-bond acceptors (Lipinski definition) is 3. The summed E-state index contributed by atoms with van der Waals surface area (Å²) in [4.78, 5) is 14.3. The summed E-state index contributed by atoms with van der Waals surface area (Å²) in [6.45, 7) is 3.11. The van der Waals surface area contributed by atoms with Crippen molar-refractivity contribution in [1.29, 1.82) is 0 Å². The summed E-state index contributed by atoms with van der Waals surface area (Å²) < 4.78 is 35.8. The first-order chi connectivity index (χ1) is 16.0. The van der Waals surface area contributed by atoms with Crippen LogP contribution in [-0.2, 0) is 13.0 Å². The van der Waals surface area contributed by atoms with E-state index in [0.717, 1.165) is 43.4 Å². The number of hydrogen-bond donors (Lipinski definition) is 1. The number of benzene rings is 2. The number of unbranched alkanes of at least 4 members (excludes halogenated alkanes) is 1. The van der Waals surface area contributed by atoms with E-state index >= 15 is 0 Å². The number of rotatable bonds is 9. The summed E-state index contributed by atoms with van der Waals surface area (Å²) in [5.41, 5.74) is 7.38. The molecule has 5 nitrogen and oxygen atoms in total. The lowest BCUT2D eigenvalue weighted by molar-refractivity contribution is 0.0979. The van der Waals surface area contributed by atoms with Crippen LogP contribution in [0, 0.1) is 17.6 Å². The molecular formula is C26H30ClF2N3O2. The summed E-state index contributed by atoms with van der Waals surface area (Å²) in [6.07, 6.45) is 6.99. The monoisotopic (exact) mass is 489 g/mol. The van der Waals surface area contributed by atoms with Gasteiger partial charge in [0.15, 0.2) is 11.6 Å². The number of fused-ring (bicyclic) bond motifs is 2. The first-order valence-corrected chi connectivity index (χ1v) is 11.7. The minimum absolute atomic E-state index is 0. The first kappa shape index (κ1) is 24.5. The zero-order valence-electron chi connectivity index (χ0n) is 19.0. The predicted octanol–water partition coefficient (Wildman–Crippen LogP) is 4.94. The Bertz CT molecular complexity index is 1180. The number of halogens is 3. The molecule has 1 amide bonds. The summed E-state index contributed by atoms with van der Waals surface area (Å²) in [6, 6.07) is 9.68. The quantitative estimate of drug-likeness (QED) is 0.433. The molecule has 3 aromatic rings. The molecule has 1 fully saturated rings. The van der Waals surface area contributed by atoms with Crippen LogP contribution in [0.25, 0.3) is 10.9 Å². The molecule has 0 radical (unpaired) electrons. The molecule has 1 aromatic heterocycles. The second-order valence-electron chi connectivity index (χ2n) is 9.29. The van der Waals surface area contributed by atoms with Crippen molar-refractivity contribution in [2.75, 3.05) is 19.7 Å². The maximum absolute atomic E-state index is 14.3. The molecule has 8 heteroatoms. The van der Waals surface area contributed by atoms with Crippen LogP contribution in [0.3, 0.4) is 0 Å². The molecular weight excluding hydrogens is 460 g/mol. The average Bonchev–Trinajstić information content (AvgIpc) is 3.54. The second kappa shape index (κ2) is 10.3. The highest BCUT2D eigenvalue weighted by Gasteiger charge is 2.33. The largest absolute Gasteiger partial charge is 0.489 e. The molecule has 1 aliphatic carbocycles. The summed E-state index contributed by atoms with van der Waals surface area (Å²) in [5, 5.41) is 1.04. The summed E-state index contributed by atoms with van der Waals surface area (Å²) >= 11 is 0. The van der Waals surface area contributed by atoms with Gasteiger partial charge in [-0.1, -0.05) is 0 Å². The van der Waals surface area contributed by atoms with E-state index in [1.807, 2.05) is 18.3 Å². The van der Waals surface area contributed by atoms with Crippen molar-refractivity contribution < 1.29 is 18.3 Å². The van der Waals surface area contributed by atoms with Gasteiger partial charge in [0.2, 0.25) is 5.91 Å². The van der Waals surface area contributed by atoms with Crippen molar-refractivity contribution >= 4 is 29.2 Å². The van der Waals surface area contributed by atoms with Crippen LogP contribution < -0.4 is 10.5 Å². The molecule has 0 spiro atoms. The van der Waals surface area contributed by atoms with Gasteiger partial charge in [0.1, 0.15) is 12.4 Å². The SMILES string of the molecule is Cl.NC(=O)c1ccc(F)c2c1CC(N(CCCCn1ccc3ccc(F)cc31)CC1CC1)CO2. The van der Waals surface area contributed by atoms with Gasteiger partial charge in [-0.2, -0.15) is 0 Å². The van der Waals surface area contributed by atoms with Gasteiger partial charge in [-0.3, -0.25) is 9.69 Å². The molecule has 34 heavy (non-hydrogen) atoms.